The van der Waals surface area contributed by atoms with Gasteiger partial charge in [0.2, 0.25) is 0 Å². The molecule has 123 heavy (non-hydrogen) atoms. The minimum atomic E-state index is -1.75. The molecule has 4 aliphatic rings. The van der Waals surface area contributed by atoms with Gasteiger partial charge >= 0.3 is 23.9 Å². The molecule has 0 saturated heterocycles. The molecule has 4 aliphatic heterocycles. The molecule has 0 aromatic heterocycles. The van der Waals surface area contributed by atoms with Crippen molar-refractivity contribution in [2.45, 2.75) is 250 Å². The van der Waals surface area contributed by atoms with Crippen LogP contribution in [0.4, 0.5) is 0 Å². The van der Waals surface area contributed by atoms with Crippen molar-refractivity contribution in [3.63, 3.8) is 0 Å². The summed E-state index contributed by atoms with van der Waals surface area (Å²) in [6.45, 7) is 41.9. The molecule has 6 aromatic carbocycles. The van der Waals surface area contributed by atoms with Crippen molar-refractivity contribution < 1.29 is 75.9 Å². The number of hydrogen-bond donors (Lipinski definition) is 3. The molecule has 2 spiro atoms. The highest BCUT2D eigenvalue weighted by Gasteiger charge is 2.58. The number of rotatable bonds is 33. The molecule has 3 N–H and O–H groups in total. The molecule has 4 heterocycles. The van der Waals surface area contributed by atoms with Gasteiger partial charge in [0.05, 0.1) is 109 Å². The summed E-state index contributed by atoms with van der Waals surface area (Å²) in [7, 11) is -2.13. The summed E-state index contributed by atoms with van der Waals surface area (Å²) < 4.78 is 61.8. The Morgan fingerprint density at radius 2 is 0.789 bits per heavy atom. The standard InChI is InChI=1S/C42H48Cl4N3O8P.C33H31Cl4NO7.C15H32N3OP/c1-23(2)49(24(3)4)58(54-19-13-16-47)53-18-12-10-9-11-17-48-38(50)26-14-15-27-28(20-26)42(57-39(27)51)29-21-31(43)25(5)33(45)35(29)55-36-30(42)22-32(44)37(34(36)46)56-40(52)41(6,7)8;1-16-22(34)14-20-26(24(16)36)43-27-21(15-23(35)28(25(27)37)44-31(42)32(2,3)4)33(20)19-13-17(9-10-18(19)30(41)45-33)29(40)38-11-7-5-6-8-12-39;1-12(2)17(13(3)4)20(19-11-9-10-16)18(14(5)6)15(7)8/h14-15,20-24H,9-13,17-19H2,1-8H3,(H,48,50);9-10,13-15,39H,5-8,11-12H2,1-4H3,(H,38,40);12-15H,9,11H2,1-8H3. The Kier molecular flexibility index (Phi) is 36.6. The number of amides is 2. The molecule has 668 valence electrons. The fraction of sp³-hybridized carbons (Fsp3) is 0.511. The number of fused-ring (bicyclic) bond motifs is 12. The molecule has 33 heteroatoms. The highest BCUT2D eigenvalue weighted by molar-refractivity contribution is 7.47. The number of hydrogen-bond acceptors (Lipinski definition) is 21. The van der Waals surface area contributed by atoms with Gasteiger partial charge in [0, 0.05) is 88.2 Å². The largest absolute Gasteiger partial charge is 0.453 e. The van der Waals surface area contributed by atoms with Gasteiger partial charge in [-0.05, 0) is 236 Å². The van der Waals surface area contributed by atoms with Gasteiger partial charge in [-0.3, -0.25) is 19.2 Å². The number of carbonyl (C=O) groups is 6. The molecule has 0 radical (unpaired) electrons. The zero-order chi connectivity index (χ0) is 91.4. The van der Waals surface area contributed by atoms with Crippen molar-refractivity contribution in [2.75, 3.05) is 39.5 Å². The second-order valence-corrected chi connectivity index (χ2v) is 40.1. The number of aliphatic hydroxyl groups is 1. The number of unbranched alkanes of at least 4 members (excludes halogenated alkanes) is 6. The average Bonchev–Trinajstić information content (AvgIpc) is 1.59. The second kappa shape index (κ2) is 44.1. The summed E-state index contributed by atoms with van der Waals surface area (Å²) in [6, 6.07) is 21.9. The highest BCUT2D eigenvalue weighted by Crippen LogP contribution is 2.65. The quantitative estimate of drug-likeness (QED) is 0.0149. The SMILES string of the molecule is CC(C)N(C(C)C)P(OCCC#N)N(C(C)C)C(C)C.Cc1c(Cl)cc2c(c1Cl)Oc1c(cc(Cl)c(OC(=O)C(C)(C)C)c1Cl)C21OC(=O)c2ccc(C(=O)NCCCCCCO)cc21.Cc1c(Cl)cc2c(c1Cl)Oc1c(cc(Cl)c(OC(=O)C(C)(C)C)c1Cl)C21OC(=O)c2ccc(C(=O)NCCCCCCOP(OCCC#N)N(C(C)C)C(C)C)cc21. The number of halogens is 8. The molecule has 2 amide bonds. The molecular formula is C90H111Cl8N7O16P2. The third kappa shape index (κ3) is 23.0. The van der Waals surface area contributed by atoms with Gasteiger partial charge in [0.1, 0.15) is 10.0 Å². The normalized spacial score (nSPS) is 15.7. The Labute approximate surface area is 765 Å². The summed E-state index contributed by atoms with van der Waals surface area (Å²) in [5, 5.41) is 33.1. The van der Waals surface area contributed by atoms with Crippen LogP contribution >= 0.6 is 110 Å². The van der Waals surface area contributed by atoms with E-state index < -0.39 is 62.9 Å². The highest BCUT2D eigenvalue weighted by atomic mass is 35.5. The van der Waals surface area contributed by atoms with E-state index >= 15 is 0 Å². The van der Waals surface area contributed by atoms with Crippen LogP contribution in [0.5, 0.6) is 34.5 Å². The van der Waals surface area contributed by atoms with Gasteiger partial charge in [-0.15, -0.1) is 0 Å². The van der Waals surface area contributed by atoms with Crippen LogP contribution in [0.25, 0.3) is 0 Å². The van der Waals surface area contributed by atoms with Gasteiger partial charge < -0.3 is 57.7 Å². The van der Waals surface area contributed by atoms with E-state index in [2.05, 4.69) is 120 Å². The maximum absolute atomic E-state index is 13.7. The lowest BCUT2D eigenvalue weighted by atomic mass is 9.77. The van der Waals surface area contributed by atoms with Crippen LogP contribution in [0, 0.1) is 47.3 Å². The molecule has 3 atom stereocenters. The molecule has 23 nitrogen and oxygen atoms in total. The van der Waals surface area contributed by atoms with Crippen LogP contribution in [0.15, 0.2) is 60.7 Å². The summed E-state index contributed by atoms with van der Waals surface area (Å²) >= 11 is 54.1. The topological polar surface area (TPSA) is 287 Å². The van der Waals surface area contributed by atoms with Gasteiger partial charge in [-0.25, -0.2) is 23.6 Å². The van der Waals surface area contributed by atoms with E-state index in [0.717, 1.165) is 44.9 Å². The number of nitrogens with one attached hydrogen (secondary N) is 2. The smallest absolute Gasteiger partial charge is 0.340 e. The third-order valence-corrected chi connectivity index (χ3v) is 28.5. The monoisotopic (exact) mass is 1890 g/mol. The summed E-state index contributed by atoms with van der Waals surface area (Å²) in [5.74, 6) is -3.22. The van der Waals surface area contributed by atoms with E-state index in [-0.39, 0.29) is 139 Å². The number of nitriles is 2. The molecule has 3 unspecified atom stereocenters. The van der Waals surface area contributed by atoms with Crippen LogP contribution in [0.3, 0.4) is 0 Å². The summed E-state index contributed by atoms with van der Waals surface area (Å²) in [4.78, 5) is 79.8. The molecule has 0 saturated carbocycles. The number of aliphatic hydroxyl groups excluding tert-OH is 1. The second-order valence-electron chi connectivity index (χ2n) is 33.8. The van der Waals surface area contributed by atoms with Crippen LogP contribution in [-0.4, -0.2) is 131 Å². The van der Waals surface area contributed by atoms with E-state index in [0.29, 0.717) is 110 Å². The number of carbonyl (C=O) groups excluding carboxylic acids is 6. The van der Waals surface area contributed by atoms with Crippen molar-refractivity contribution in [3.05, 3.63) is 168 Å². The van der Waals surface area contributed by atoms with E-state index in [9.17, 15) is 28.8 Å². The van der Waals surface area contributed by atoms with E-state index in [1.807, 2.05) is 0 Å². The van der Waals surface area contributed by atoms with Gasteiger partial charge in [-0.2, -0.15) is 10.5 Å². The van der Waals surface area contributed by atoms with Crippen LogP contribution < -0.4 is 29.6 Å². The Morgan fingerprint density at radius 1 is 0.455 bits per heavy atom. The average molecular weight is 1890 g/mol. The van der Waals surface area contributed by atoms with Crippen molar-refractivity contribution >= 4 is 145 Å². The first-order valence-corrected chi connectivity index (χ1v) is 46.5. The number of benzene rings is 6. The maximum Gasteiger partial charge on any atom is 0.340 e. The summed E-state index contributed by atoms with van der Waals surface area (Å²) in [5.41, 5.74) is -1.55. The minimum absolute atomic E-state index is 0.000102. The predicted molar refractivity (Wildman–Crippen MR) is 486 cm³/mol. The molecule has 6 aromatic rings. The number of ether oxygens (including phenoxy) is 6. The van der Waals surface area contributed by atoms with Crippen LogP contribution in [0.1, 0.15) is 275 Å². The minimum Gasteiger partial charge on any atom is -0.453 e. The summed E-state index contributed by atoms with van der Waals surface area (Å²) in [6.07, 6.45) is 7.22. The maximum atomic E-state index is 13.7. The van der Waals surface area contributed by atoms with E-state index in [1.165, 1.54) is 24.3 Å². The van der Waals surface area contributed by atoms with Gasteiger partial charge in [0.15, 0.2) is 54.1 Å². The molecule has 0 fully saturated rings. The fourth-order valence-electron chi connectivity index (χ4n) is 14.4. The lowest BCUT2D eigenvalue weighted by molar-refractivity contribution is -0.143. The fourth-order valence-corrected chi connectivity index (χ4v) is 20.5. The lowest BCUT2D eigenvalue weighted by Crippen LogP contribution is -2.43. The van der Waals surface area contributed by atoms with Crippen molar-refractivity contribution in [1.82, 2.24) is 24.6 Å². The Morgan fingerprint density at radius 3 is 1.14 bits per heavy atom. The third-order valence-electron chi connectivity index (χ3n) is 20.4. The zero-order valence-corrected chi connectivity index (χ0v) is 81.1. The predicted octanol–water partition coefficient (Wildman–Crippen LogP) is 24.5. The van der Waals surface area contributed by atoms with Crippen molar-refractivity contribution in [1.29, 1.82) is 10.5 Å². The molecule has 0 aliphatic carbocycles. The number of nitrogens with zero attached hydrogens (tertiary/aromatic N) is 5. The number of esters is 4. The lowest BCUT2D eigenvalue weighted by Gasteiger charge is -2.45. The zero-order valence-electron chi connectivity index (χ0n) is 73.3. The van der Waals surface area contributed by atoms with Gasteiger partial charge in [0.25, 0.3) is 20.3 Å². The molecular weight excluding hydrogens is 1780 g/mol. The first kappa shape index (κ1) is 102. The van der Waals surface area contributed by atoms with Crippen molar-refractivity contribution in [3.8, 4) is 46.6 Å². The molecule has 0 bridgehead atoms. The molecule has 10 rings (SSSR count). The first-order chi connectivity index (χ1) is 57.8. The first-order valence-electron chi connectivity index (χ1n) is 41.1. The Balaban J connectivity index is 0.000000255. The Bertz CT molecular complexity index is 4950. The van der Waals surface area contributed by atoms with E-state index in [4.69, 9.17) is 150 Å². The van der Waals surface area contributed by atoms with Crippen LogP contribution in [-0.2, 0) is 43.8 Å². The van der Waals surface area contributed by atoms with Crippen LogP contribution in [0.2, 0.25) is 40.2 Å². The van der Waals surface area contributed by atoms with Gasteiger partial charge in [-0.1, -0.05) is 118 Å². The van der Waals surface area contributed by atoms with E-state index in [1.54, 1.807) is 91.8 Å². The van der Waals surface area contributed by atoms with Crippen molar-refractivity contribution in [2.24, 2.45) is 10.8 Å². The Hall–Kier alpha value is -6.38.